The molecule has 2 unspecified atom stereocenters. The number of aryl methyl sites for hydroxylation is 1. The number of rotatable bonds is 6. The molecule has 1 N–H and O–H groups in total. The van der Waals surface area contributed by atoms with Crippen LogP contribution in [0.3, 0.4) is 0 Å². The third kappa shape index (κ3) is 3.27. The van der Waals surface area contributed by atoms with E-state index in [2.05, 4.69) is 5.32 Å². The van der Waals surface area contributed by atoms with E-state index in [4.69, 9.17) is 4.74 Å². The fraction of sp³-hybridized carbons (Fsp3) is 0.571. The Hall–Kier alpha value is -1.00. The Bertz CT molecular complexity index is 396. The van der Waals surface area contributed by atoms with Crippen LogP contribution < -0.4 is 5.32 Å². The van der Waals surface area contributed by atoms with E-state index in [0.717, 1.165) is 0 Å². The van der Waals surface area contributed by atoms with Crippen molar-refractivity contribution in [2.24, 2.45) is 0 Å². The van der Waals surface area contributed by atoms with Gasteiger partial charge < -0.3 is 10.1 Å². The fourth-order valence-electron chi connectivity index (χ4n) is 2.05. The van der Waals surface area contributed by atoms with Gasteiger partial charge in [-0.25, -0.2) is 8.78 Å². The average molecular weight is 257 g/mol. The molecule has 102 valence electrons. The summed E-state index contributed by atoms with van der Waals surface area (Å²) in [5, 5.41) is 3.09. The molecule has 1 rings (SSSR count). The Balaban J connectivity index is 3.16. The van der Waals surface area contributed by atoms with Crippen molar-refractivity contribution in [2.45, 2.75) is 39.8 Å². The summed E-state index contributed by atoms with van der Waals surface area (Å²) in [7, 11) is 0. The maximum Gasteiger partial charge on any atom is 0.133 e. The highest BCUT2D eigenvalue weighted by Gasteiger charge is 2.26. The van der Waals surface area contributed by atoms with Crippen molar-refractivity contribution in [1.82, 2.24) is 5.32 Å². The number of ether oxygens (including phenoxy) is 1. The van der Waals surface area contributed by atoms with Gasteiger partial charge in [-0.15, -0.1) is 0 Å². The molecule has 0 saturated carbocycles. The van der Waals surface area contributed by atoms with Crippen LogP contribution in [-0.4, -0.2) is 19.3 Å². The molecule has 1 aromatic rings. The SMILES string of the molecule is CCNC(c1c(F)ccc(C)c1F)C(C)OCC. The van der Waals surface area contributed by atoms with Gasteiger partial charge in [0.2, 0.25) is 0 Å². The number of hydrogen-bond acceptors (Lipinski definition) is 2. The van der Waals surface area contributed by atoms with Crippen molar-refractivity contribution in [3.05, 3.63) is 34.9 Å². The van der Waals surface area contributed by atoms with Crippen LogP contribution in [0.25, 0.3) is 0 Å². The summed E-state index contributed by atoms with van der Waals surface area (Å²) in [6.07, 6.45) is -0.291. The second kappa shape index (κ2) is 6.81. The number of likely N-dealkylation sites (N-methyl/N-ethyl adjacent to an activating group) is 1. The van der Waals surface area contributed by atoms with E-state index in [1.165, 1.54) is 12.1 Å². The lowest BCUT2D eigenvalue weighted by Gasteiger charge is -2.26. The Kier molecular flexibility index (Phi) is 5.69. The minimum Gasteiger partial charge on any atom is -0.377 e. The third-order valence-electron chi connectivity index (χ3n) is 2.95. The normalized spacial score (nSPS) is 14.6. The molecule has 0 spiro atoms. The van der Waals surface area contributed by atoms with Crippen LogP contribution in [0, 0.1) is 18.6 Å². The molecule has 2 atom stereocenters. The Morgan fingerprint density at radius 2 is 1.94 bits per heavy atom. The van der Waals surface area contributed by atoms with Gasteiger partial charge in [-0.3, -0.25) is 0 Å². The van der Waals surface area contributed by atoms with E-state index in [1.807, 2.05) is 20.8 Å². The molecular weight excluding hydrogens is 236 g/mol. The summed E-state index contributed by atoms with van der Waals surface area (Å²) in [5.74, 6) is -1.02. The van der Waals surface area contributed by atoms with E-state index in [-0.39, 0.29) is 11.7 Å². The minimum absolute atomic E-state index is 0.0674. The van der Waals surface area contributed by atoms with Crippen LogP contribution in [0.2, 0.25) is 0 Å². The van der Waals surface area contributed by atoms with Gasteiger partial charge in [-0.05, 0) is 38.9 Å². The monoisotopic (exact) mass is 257 g/mol. The van der Waals surface area contributed by atoms with Gasteiger partial charge in [-0.1, -0.05) is 13.0 Å². The molecule has 2 nitrogen and oxygen atoms in total. The number of hydrogen-bond donors (Lipinski definition) is 1. The first-order chi connectivity index (χ1) is 8.52. The van der Waals surface area contributed by atoms with E-state index in [1.54, 1.807) is 6.92 Å². The van der Waals surface area contributed by atoms with Crippen molar-refractivity contribution in [2.75, 3.05) is 13.2 Å². The largest absolute Gasteiger partial charge is 0.377 e. The summed E-state index contributed by atoms with van der Waals surface area (Å²) in [6.45, 7) is 8.34. The van der Waals surface area contributed by atoms with Crippen LogP contribution >= 0.6 is 0 Å². The molecule has 0 amide bonds. The van der Waals surface area contributed by atoms with E-state index in [0.29, 0.717) is 18.7 Å². The van der Waals surface area contributed by atoms with Gasteiger partial charge >= 0.3 is 0 Å². The molecular formula is C14H21F2NO. The van der Waals surface area contributed by atoms with Crippen molar-refractivity contribution in [3.63, 3.8) is 0 Å². The first kappa shape index (κ1) is 15.1. The van der Waals surface area contributed by atoms with Crippen LogP contribution in [0.5, 0.6) is 0 Å². The molecule has 0 aliphatic carbocycles. The Labute approximate surface area is 107 Å². The molecule has 0 bridgehead atoms. The molecule has 0 aliphatic rings. The summed E-state index contributed by atoms with van der Waals surface area (Å²) >= 11 is 0. The highest BCUT2D eigenvalue weighted by Crippen LogP contribution is 2.26. The van der Waals surface area contributed by atoms with Gasteiger partial charge in [0.15, 0.2) is 0 Å². The lowest BCUT2D eigenvalue weighted by Crippen LogP contribution is -2.33. The Morgan fingerprint density at radius 3 is 2.50 bits per heavy atom. The topological polar surface area (TPSA) is 21.3 Å². The lowest BCUT2D eigenvalue weighted by molar-refractivity contribution is 0.0456. The van der Waals surface area contributed by atoms with Crippen molar-refractivity contribution in [3.8, 4) is 0 Å². The first-order valence-electron chi connectivity index (χ1n) is 6.32. The summed E-state index contributed by atoms with van der Waals surface area (Å²) in [6, 6.07) is 2.27. The van der Waals surface area contributed by atoms with E-state index >= 15 is 0 Å². The number of halogens is 2. The number of nitrogens with one attached hydrogen (secondary N) is 1. The average Bonchev–Trinajstić information content (AvgIpc) is 2.33. The van der Waals surface area contributed by atoms with Crippen molar-refractivity contribution >= 4 is 0 Å². The minimum atomic E-state index is -0.532. The van der Waals surface area contributed by atoms with E-state index in [9.17, 15) is 8.78 Å². The zero-order valence-electron chi connectivity index (χ0n) is 11.4. The maximum absolute atomic E-state index is 14.1. The van der Waals surface area contributed by atoms with Crippen LogP contribution in [0.4, 0.5) is 8.78 Å². The quantitative estimate of drug-likeness (QED) is 0.844. The predicted molar refractivity (Wildman–Crippen MR) is 68.6 cm³/mol. The molecule has 0 fully saturated rings. The molecule has 1 aromatic carbocycles. The smallest absolute Gasteiger partial charge is 0.133 e. The summed E-state index contributed by atoms with van der Waals surface area (Å²) in [5.41, 5.74) is 0.510. The second-order valence-corrected chi connectivity index (χ2v) is 4.29. The zero-order chi connectivity index (χ0) is 13.7. The van der Waals surface area contributed by atoms with Gasteiger partial charge in [0.25, 0.3) is 0 Å². The molecule has 0 heterocycles. The summed E-state index contributed by atoms with van der Waals surface area (Å²) in [4.78, 5) is 0. The molecule has 18 heavy (non-hydrogen) atoms. The van der Waals surface area contributed by atoms with Gasteiger partial charge in [0.05, 0.1) is 12.1 Å². The van der Waals surface area contributed by atoms with Crippen LogP contribution in [-0.2, 0) is 4.74 Å². The molecule has 0 saturated heterocycles. The number of benzene rings is 1. The third-order valence-corrected chi connectivity index (χ3v) is 2.95. The molecule has 0 aliphatic heterocycles. The van der Waals surface area contributed by atoms with Gasteiger partial charge in [-0.2, -0.15) is 0 Å². The summed E-state index contributed by atoms with van der Waals surface area (Å²) < 4.78 is 33.4. The zero-order valence-corrected chi connectivity index (χ0v) is 11.4. The van der Waals surface area contributed by atoms with E-state index < -0.39 is 17.7 Å². The second-order valence-electron chi connectivity index (χ2n) is 4.29. The standard InChI is InChI=1S/C14H21F2NO/c1-5-17-14(10(4)18-6-2)12-11(15)8-7-9(3)13(12)16/h7-8,10,14,17H,5-6H2,1-4H3. The highest BCUT2D eigenvalue weighted by molar-refractivity contribution is 5.30. The first-order valence-corrected chi connectivity index (χ1v) is 6.32. The fourth-order valence-corrected chi connectivity index (χ4v) is 2.05. The molecule has 0 radical (unpaired) electrons. The maximum atomic E-state index is 14.1. The van der Waals surface area contributed by atoms with Gasteiger partial charge in [0.1, 0.15) is 11.6 Å². The lowest BCUT2D eigenvalue weighted by atomic mass is 9.98. The van der Waals surface area contributed by atoms with Crippen LogP contribution in [0.15, 0.2) is 12.1 Å². The van der Waals surface area contributed by atoms with Gasteiger partial charge in [0, 0.05) is 12.2 Å². The predicted octanol–water partition coefficient (Wildman–Crippen LogP) is 3.35. The van der Waals surface area contributed by atoms with Crippen molar-refractivity contribution < 1.29 is 13.5 Å². The molecule has 0 aromatic heterocycles. The van der Waals surface area contributed by atoms with Crippen LogP contribution in [0.1, 0.15) is 37.9 Å². The Morgan fingerprint density at radius 1 is 1.28 bits per heavy atom. The van der Waals surface area contributed by atoms with Crippen molar-refractivity contribution in [1.29, 1.82) is 0 Å². The highest BCUT2D eigenvalue weighted by atomic mass is 19.1. The molecule has 4 heteroatoms.